The van der Waals surface area contributed by atoms with E-state index in [1.807, 2.05) is 36.4 Å². The molecule has 0 fully saturated rings. The summed E-state index contributed by atoms with van der Waals surface area (Å²) in [5.41, 5.74) is 4.05. The van der Waals surface area contributed by atoms with Gasteiger partial charge in [-0.2, -0.15) is 0 Å². The molecular weight excluding hydrogens is 364 g/mol. The Balaban J connectivity index is 2.01. The first kappa shape index (κ1) is 20.8. The number of carbonyl (C=O) groups excluding carboxylic acids is 2. The largest absolute Gasteiger partial charge is 0.497 e. The smallest absolute Gasteiger partial charge is 0.317 e. The van der Waals surface area contributed by atoms with Gasteiger partial charge in [0.05, 0.1) is 13.7 Å². The number of ketones is 1. The summed E-state index contributed by atoms with van der Waals surface area (Å²) >= 11 is 0. The van der Waals surface area contributed by atoms with Crippen molar-refractivity contribution >= 4 is 17.3 Å². The highest BCUT2D eigenvalue weighted by Gasteiger charge is 2.39. The van der Waals surface area contributed by atoms with Crippen molar-refractivity contribution in [2.24, 2.45) is 5.92 Å². The molecule has 152 valence electrons. The highest BCUT2D eigenvalue weighted by atomic mass is 16.5. The van der Waals surface area contributed by atoms with Crippen molar-refractivity contribution in [1.82, 2.24) is 0 Å². The fourth-order valence-electron chi connectivity index (χ4n) is 3.85. The van der Waals surface area contributed by atoms with Gasteiger partial charge in [-0.1, -0.05) is 50.2 Å². The fourth-order valence-corrected chi connectivity index (χ4v) is 3.85. The number of benzene rings is 2. The van der Waals surface area contributed by atoms with E-state index in [2.05, 4.69) is 26.0 Å². The lowest BCUT2D eigenvalue weighted by Gasteiger charge is -2.29. The van der Waals surface area contributed by atoms with Crippen LogP contribution in [0.2, 0.25) is 0 Å². The van der Waals surface area contributed by atoms with E-state index in [0.29, 0.717) is 12.3 Å². The van der Waals surface area contributed by atoms with Gasteiger partial charge in [0.2, 0.25) is 0 Å². The van der Waals surface area contributed by atoms with Crippen LogP contribution in [0.25, 0.3) is 5.57 Å². The monoisotopic (exact) mass is 392 g/mol. The Hall–Kier alpha value is -2.88. The number of esters is 1. The molecule has 0 unspecified atom stereocenters. The number of hydrogen-bond acceptors (Lipinski definition) is 4. The SMILES string of the molecule is CCOC(=O)[C@H]1C(=O)C=C(c2cccc(OC)c2)C[C@H]1c1ccc(C(C)C)cc1. The van der Waals surface area contributed by atoms with Gasteiger partial charge in [0, 0.05) is 5.92 Å². The van der Waals surface area contributed by atoms with Crippen molar-refractivity contribution in [2.45, 2.75) is 39.0 Å². The first-order chi connectivity index (χ1) is 13.9. The zero-order chi connectivity index (χ0) is 21.0. The molecule has 0 bridgehead atoms. The summed E-state index contributed by atoms with van der Waals surface area (Å²) in [5.74, 6) is -0.559. The van der Waals surface area contributed by atoms with E-state index in [1.54, 1.807) is 20.1 Å². The molecule has 0 saturated heterocycles. The Bertz CT molecular complexity index is 909. The van der Waals surface area contributed by atoms with E-state index in [9.17, 15) is 9.59 Å². The zero-order valence-electron chi connectivity index (χ0n) is 17.5. The van der Waals surface area contributed by atoms with E-state index < -0.39 is 11.9 Å². The van der Waals surface area contributed by atoms with Crippen LogP contribution < -0.4 is 4.74 Å². The molecule has 0 amide bonds. The zero-order valence-corrected chi connectivity index (χ0v) is 17.5. The molecule has 2 aromatic carbocycles. The average molecular weight is 392 g/mol. The molecule has 0 radical (unpaired) electrons. The first-order valence-electron chi connectivity index (χ1n) is 10.1. The van der Waals surface area contributed by atoms with Crippen LogP contribution in [0.3, 0.4) is 0 Å². The van der Waals surface area contributed by atoms with Crippen LogP contribution in [0.5, 0.6) is 5.75 Å². The van der Waals surface area contributed by atoms with Crippen molar-refractivity contribution in [2.75, 3.05) is 13.7 Å². The van der Waals surface area contributed by atoms with Crippen LogP contribution in [-0.2, 0) is 14.3 Å². The van der Waals surface area contributed by atoms with Crippen molar-refractivity contribution in [1.29, 1.82) is 0 Å². The third-order valence-corrected chi connectivity index (χ3v) is 5.48. The summed E-state index contributed by atoms with van der Waals surface area (Å²) in [7, 11) is 1.62. The van der Waals surface area contributed by atoms with Crippen molar-refractivity contribution < 1.29 is 19.1 Å². The second-order valence-electron chi connectivity index (χ2n) is 7.67. The number of allylic oxidation sites excluding steroid dienone is 2. The summed E-state index contributed by atoms with van der Waals surface area (Å²) in [6.45, 7) is 6.30. The minimum absolute atomic E-state index is 0.203. The minimum atomic E-state index is -0.811. The standard InChI is InChI=1S/C25H28O4/c1-5-29-25(27)24-22(18-11-9-17(10-12-18)16(2)3)14-20(15-23(24)26)19-7-6-8-21(13-19)28-4/h6-13,15-16,22,24H,5,14H2,1-4H3/t22-,24+/m0/s1. The normalized spacial score (nSPS) is 19.1. The van der Waals surface area contributed by atoms with E-state index in [1.165, 1.54) is 5.56 Å². The highest BCUT2D eigenvalue weighted by Crippen LogP contribution is 2.41. The van der Waals surface area contributed by atoms with Crippen LogP contribution in [0.15, 0.2) is 54.6 Å². The molecule has 2 atom stereocenters. The van der Waals surface area contributed by atoms with Crippen LogP contribution >= 0.6 is 0 Å². The Morgan fingerprint density at radius 3 is 2.48 bits per heavy atom. The van der Waals surface area contributed by atoms with Gasteiger partial charge in [0.25, 0.3) is 0 Å². The van der Waals surface area contributed by atoms with Gasteiger partial charge in [0.1, 0.15) is 11.7 Å². The summed E-state index contributed by atoms with van der Waals surface area (Å²) in [6, 6.07) is 15.9. The molecule has 0 spiro atoms. The molecule has 0 aromatic heterocycles. The molecular formula is C25H28O4. The lowest BCUT2D eigenvalue weighted by molar-refractivity contribution is -0.151. The number of methoxy groups -OCH3 is 1. The summed E-state index contributed by atoms with van der Waals surface area (Å²) in [6.07, 6.45) is 2.18. The van der Waals surface area contributed by atoms with Crippen molar-refractivity contribution in [3.05, 3.63) is 71.3 Å². The van der Waals surface area contributed by atoms with E-state index in [4.69, 9.17) is 9.47 Å². The maximum atomic E-state index is 13.0. The average Bonchev–Trinajstić information content (AvgIpc) is 2.73. The van der Waals surface area contributed by atoms with E-state index in [0.717, 1.165) is 22.4 Å². The first-order valence-corrected chi connectivity index (χ1v) is 10.1. The van der Waals surface area contributed by atoms with E-state index in [-0.39, 0.29) is 18.3 Å². The van der Waals surface area contributed by atoms with Gasteiger partial charge in [-0.3, -0.25) is 9.59 Å². The summed E-state index contributed by atoms with van der Waals surface area (Å²) < 4.78 is 10.6. The molecule has 0 saturated carbocycles. The van der Waals surface area contributed by atoms with Gasteiger partial charge >= 0.3 is 5.97 Å². The number of ether oxygens (including phenoxy) is 2. The predicted molar refractivity (Wildman–Crippen MR) is 114 cm³/mol. The van der Waals surface area contributed by atoms with Gasteiger partial charge in [0.15, 0.2) is 5.78 Å². The van der Waals surface area contributed by atoms with Gasteiger partial charge < -0.3 is 9.47 Å². The van der Waals surface area contributed by atoms with Crippen LogP contribution in [0.1, 0.15) is 55.7 Å². The number of rotatable bonds is 6. The second kappa shape index (κ2) is 9.08. The second-order valence-corrected chi connectivity index (χ2v) is 7.67. The van der Waals surface area contributed by atoms with Crippen molar-refractivity contribution in [3.63, 3.8) is 0 Å². The van der Waals surface area contributed by atoms with E-state index >= 15 is 0 Å². The quantitative estimate of drug-likeness (QED) is 0.505. The van der Waals surface area contributed by atoms with Crippen molar-refractivity contribution in [3.8, 4) is 5.75 Å². The van der Waals surface area contributed by atoms with Crippen LogP contribution in [0.4, 0.5) is 0 Å². The van der Waals surface area contributed by atoms with Crippen LogP contribution in [-0.4, -0.2) is 25.5 Å². The third kappa shape index (κ3) is 4.58. The molecule has 4 nitrogen and oxygen atoms in total. The Morgan fingerprint density at radius 2 is 1.86 bits per heavy atom. The maximum Gasteiger partial charge on any atom is 0.317 e. The molecule has 0 heterocycles. The lowest BCUT2D eigenvalue weighted by atomic mass is 9.73. The highest BCUT2D eigenvalue weighted by molar-refractivity contribution is 6.10. The molecule has 0 N–H and O–H groups in total. The fraction of sp³-hybridized carbons (Fsp3) is 0.360. The Labute approximate surface area is 172 Å². The number of hydrogen-bond donors (Lipinski definition) is 0. The van der Waals surface area contributed by atoms with Gasteiger partial charge in [-0.15, -0.1) is 0 Å². The Kier molecular flexibility index (Phi) is 6.53. The van der Waals surface area contributed by atoms with Crippen LogP contribution in [0, 0.1) is 5.92 Å². The minimum Gasteiger partial charge on any atom is -0.497 e. The third-order valence-electron chi connectivity index (χ3n) is 5.48. The predicted octanol–water partition coefficient (Wildman–Crippen LogP) is 5.14. The summed E-state index contributed by atoms with van der Waals surface area (Å²) in [5, 5.41) is 0. The molecule has 29 heavy (non-hydrogen) atoms. The lowest BCUT2D eigenvalue weighted by Crippen LogP contribution is -2.34. The molecule has 1 aliphatic carbocycles. The maximum absolute atomic E-state index is 13.0. The molecule has 0 aliphatic heterocycles. The Morgan fingerprint density at radius 1 is 1.14 bits per heavy atom. The molecule has 1 aliphatic rings. The van der Waals surface area contributed by atoms with Gasteiger partial charge in [-0.25, -0.2) is 0 Å². The topological polar surface area (TPSA) is 52.6 Å². The molecule has 3 rings (SSSR count). The van der Waals surface area contributed by atoms with Gasteiger partial charge in [-0.05, 0) is 59.7 Å². The molecule has 4 heteroatoms. The number of carbonyl (C=O) groups is 2. The molecule has 2 aromatic rings. The summed E-state index contributed by atoms with van der Waals surface area (Å²) in [4.78, 5) is 25.6.